The molecule has 4 heterocycles. The topological polar surface area (TPSA) is 92.2 Å². The number of benzene rings is 1. The lowest BCUT2D eigenvalue weighted by Crippen LogP contribution is -2.47. The zero-order valence-corrected chi connectivity index (χ0v) is 18.8. The summed E-state index contributed by atoms with van der Waals surface area (Å²) >= 11 is 0. The fraction of sp³-hybridized carbons (Fsp3) is 0.565. The van der Waals surface area contributed by atoms with Crippen LogP contribution in [0.4, 0.5) is 0 Å². The van der Waals surface area contributed by atoms with Crippen molar-refractivity contribution in [3.63, 3.8) is 0 Å². The Hall–Kier alpha value is -2.62. The number of ether oxygens (including phenoxy) is 1. The molecule has 0 bridgehead atoms. The van der Waals surface area contributed by atoms with E-state index in [-0.39, 0.29) is 17.7 Å². The fourth-order valence-electron chi connectivity index (χ4n) is 4.79. The van der Waals surface area contributed by atoms with E-state index in [9.17, 15) is 4.79 Å². The van der Waals surface area contributed by atoms with E-state index in [0.717, 1.165) is 63.0 Å². The van der Waals surface area contributed by atoms with Crippen molar-refractivity contribution in [2.75, 3.05) is 39.8 Å². The van der Waals surface area contributed by atoms with Crippen LogP contribution in [0.25, 0.3) is 10.9 Å². The average molecular weight is 438 g/mol. The van der Waals surface area contributed by atoms with Crippen molar-refractivity contribution in [1.29, 1.82) is 0 Å². The van der Waals surface area contributed by atoms with Crippen LogP contribution in [0.1, 0.15) is 42.8 Å². The van der Waals surface area contributed by atoms with Crippen LogP contribution in [0.5, 0.6) is 0 Å². The quantitative estimate of drug-likeness (QED) is 0.626. The first-order valence-corrected chi connectivity index (χ1v) is 11.6. The van der Waals surface area contributed by atoms with Gasteiger partial charge in [-0.2, -0.15) is 0 Å². The van der Waals surface area contributed by atoms with Crippen molar-refractivity contribution >= 4 is 10.9 Å². The Bertz CT molecular complexity index is 1130. The van der Waals surface area contributed by atoms with Crippen LogP contribution in [-0.4, -0.2) is 80.9 Å². The Balaban J connectivity index is 1.59. The Kier molecular flexibility index (Phi) is 6.03. The fourth-order valence-corrected chi connectivity index (χ4v) is 4.79. The highest BCUT2D eigenvalue weighted by molar-refractivity contribution is 5.80. The number of aromatic amines is 1. The smallest absolute Gasteiger partial charge is 0.253 e. The molecule has 170 valence electrons. The molecule has 2 aromatic heterocycles. The summed E-state index contributed by atoms with van der Waals surface area (Å²) in [5.41, 5.74) is 2.71. The number of H-pyrrole nitrogens is 1. The number of aromatic nitrogens is 5. The molecule has 2 atom stereocenters. The third-order valence-corrected chi connectivity index (χ3v) is 6.75. The average Bonchev–Trinajstić information content (AvgIpc) is 3.48. The molecule has 1 aromatic carbocycles. The van der Waals surface area contributed by atoms with Crippen molar-refractivity contribution < 1.29 is 4.74 Å². The minimum atomic E-state index is -0.307. The minimum absolute atomic E-state index is 0.0858. The molecule has 0 saturated carbocycles. The summed E-state index contributed by atoms with van der Waals surface area (Å²) in [6, 6.07) is 7.94. The molecule has 5 rings (SSSR count). The van der Waals surface area contributed by atoms with Gasteiger partial charge in [0, 0.05) is 43.9 Å². The highest BCUT2D eigenvalue weighted by atomic mass is 16.5. The van der Waals surface area contributed by atoms with Gasteiger partial charge < -0.3 is 14.6 Å². The van der Waals surface area contributed by atoms with Gasteiger partial charge in [-0.25, -0.2) is 4.68 Å². The molecule has 0 unspecified atom stereocenters. The SMILES string of the molecule is CCc1ccc2[nH]c(=O)c([C@H](c3nnnn3C[C@@H]3CCCO3)N3CCN(C)CC3)cc2c1. The summed E-state index contributed by atoms with van der Waals surface area (Å²) < 4.78 is 7.67. The molecular weight excluding hydrogens is 406 g/mol. The molecule has 2 aliphatic rings. The van der Waals surface area contributed by atoms with E-state index in [2.05, 4.69) is 56.4 Å². The summed E-state index contributed by atoms with van der Waals surface area (Å²) in [7, 11) is 2.13. The molecule has 1 N–H and O–H groups in total. The zero-order chi connectivity index (χ0) is 22.1. The van der Waals surface area contributed by atoms with Gasteiger partial charge in [0.15, 0.2) is 5.82 Å². The van der Waals surface area contributed by atoms with E-state index in [1.54, 1.807) is 0 Å². The second kappa shape index (κ2) is 9.09. The van der Waals surface area contributed by atoms with Gasteiger partial charge in [0.2, 0.25) is 0 Å². The Morgan fingerprint density at radius 3 is 2.81 bits per heavy atom. The first-order valence-electron chi connectivity index (χ1n) is 11.6. The van der Waals surface area contributed by atoms with Crippen molar-refractivity contribution in [2.45, 2.75) is 44.9 Å². The number of nitrogens with one attached hydrogen (secondary N) is 1. The van der Waals surface area contributed by atoms with E-state index in [4.69, 9.17) is 4.74 Å². The second-order valence-electron chi connectivity index (χ2n) is 8.92. The molecule has 2 fully saturated rings. The van der Waals surface area contributed by atoms with E-state index < -0.39 is 0 Å². The monoisotopic (exact) mass is 437 g/mol. The first-order chi connectivity index (χ1) is 15.6. The van der Waals surface area contributed by atoms with Crippen LogP contribution >= 0.6 is 0 Å². The lowest BCUT2D eigenvalue weighted by molar-refractivity contribution is 0.0878. The molecule has 2 aliphatic heterocycles. The molecule has 3 aromatic rings. The maximum atomic E-state index is 13.3. The van der Waals surface area contributed by atoms with E-state index >= 15 is 0 Å². The second-order valence-corrected chi connectivity index (χ2v) is 8.92. The predicted octanol–water partition coefficient (Wildman–Crippen LogP) is 1.59. The molecule has 0 amide bonds. The number of aryl methyl sites for hydroxylation is 1. The van der Waals surface area contributed by atoms with Gasteiger partial charge in [-0.1, -0.05) is 13.0 Å². The number of fused-ring (bicyclic) bond motifs is 1. The summed E-state index contributed by atoms with van der Waals surface area (Å²) in [4.78, 5) is 21.0. The van der Waals surface area contributed by atoms with Crippen molar-refractivity contribution in [3.05, 3.63) is 51.6 Å². The molecule has 9 heteroatoms. The van der Waals surface area contributed by atoms with Crippen LogP contribution in [0, 0.1) is 0 Å². The zero-order valence-electron chi connectivity index (χ0n) is 18.8. The maximum absolute atomic E-state index is 13.3. The Labute approximate surface area is 187 Å². The van der Waals surface area contributed by atoms with Crippen molar-refractivity contribution in [2.24, 2.45) is 0 Å². The number of tetrazole rings is 1. The summed E-state index contributed by atoms with van der Waals surface area (Å²) in [6.07, 6.45) is 3.14. The Morgan fingerprint density at radius 2 is 2.06 bits per heavy atom. The number of hydrogen-bond acceptors (Lipinski definition) is 7. The van der Waals surface area contributed by atoms with Crippen LogP contribution in [0.3, 0.4) is 0 Å². The van der Waals surface area contributed by atoms with Crippen molar-refractivity contribution in [1.82, 2.24) is 35.0 Å². The van der Waals surface area contributed by atoms with E-state index in [1.807, 2.05) is 16.8 Å². The van der Waals surface area contributed by atoms with Gasteiger partial charge in [0.25, 0.3) is 5.56 Å². The lowest BCUT2D eigenvalue weighted by Gasteiger charge is -2.37. The lowest BCUT2D eigenvalue weighted by atomic mass is 10.0. The summed E-state index contributed by atoms with van der Waals surface area (Å²) in [5, 5.41) is 13.7. The summed E-state index contributed by atoms with van der Waals surface area (Å²) in [6.45, 7) is 7.11. The molecule has 32 heavy (non-hydrogen) atoms. The number of nitrogens with zero attached hydrogens (tertiary/aromatic N) is 6. The third kappa shape index (κ3) is 4.20. The minimum Gasteiger partial charge on any atom is -0.376 e. The van der Waals surface area contributed by atoms with Crippen LogP contribution in [0.2, 0.25) is 0 Å². The van der Waals surface area contributed by atoms with Gasteiger partial charge in [-0.05, 0) is 65.9 Å². The molecule has 2 saturated heterocycles. The van der Waals surface area contributed by atoms with Gasteiger partial charge >= 0.3 is 0 Å². The number of piperazine rings is 1. The molecule has 0 spiro atoms. The first kappa shape index (κ1) is 21.2. The van der Waals surface area contributed by atoms with Gasteiger partial charge in [0.1, 0.15) is 6.04 Å². The normalized spacial score (nSPS) is 21.4. The number of likely N-dealkylation sites (N-methyl/N-ethyl adjacent to an activating group) is 1. The van der Waals surface area contributed by atoms with Crippen LogP contribution in [0.15, 0.2) is 29.1 Å². The standard InChI is InChI=1S/C23H31N7O2/c1-3-16-6-7-20-17(13-16)14-19(23(31)24-20)21(29-10-8-28(2)9-11-29)22-25-26-27-30(22)15-18-5-4-12-32-18/h6-7,13-14,18,21H,3-5,8-12,15H2,1-2H3,(H,24,31)/t18-,21+/m0/s1. The van der Waals surface area contributed by atoms with E-state index in [1.165, 1.54) is 5.56 Å². The number of pyridine rings is 1. The highest BCUT2D eigenvalue weighted by Gasteiger charge is 2.33. The van der Waals surface area contributed by atoms with Crippen LogP contribution in [-0.2, 0) is 17.7 Å². The number of hydrogen-bond donors (Lipinski definition) is 1. The highest BCUT2D eigenvalue weighted by Crippen LogP contribution is 2.28. The molecular formula is C23H31N7O2. The Morgan fingerprint density at radius 1 is 1.22 bits per heavy atom. The largest absolute Gasteiger partial charge is 0.376 e. The van der Waals surface area contributed by atoms with Crippen LogP contribution < -0.4 is 5.56 Å². The predicted molar refractivity (Wildman–Crippen MR) is 122 cm³/mol. The van der Waals surface area contributed by atoms with Gasteiger partial charge in [-0.3, -0.25) is 9.69 Å². The number of rotatable bonds is 6. The molecule has 0 aliphatic carbocycles. The van der Waals surface area contributed by atoms with E-state index in [0.29, 0.717) is 17.9 Å². The molecule has 9 nitrogen and oxygen atoms in total. The molecule has 0 radical (unpaired) electrons. The maximum Gasteiger partial charge on any atom is 0.253 e. The van der Waals surface area contributed by atoms with Gasteiger partial charge in [-0.15, -0.1) is 5.10 Å². The van der Waals surface area contributed by atoms with Gasteiger partial charge in [0.05, 0.1) is 12.6 Å². The van der Waals surface area contributed by atoms with Crippen molar-refractivity contribution in [3.8, 4) is 0 Å². The third-order valence-electron chi connectivity index (χ3n) is 6.75. The summed E-state index contributed by atoms with van der Waals surface area (Å²) in [5.74, 6) is 0.710.